The SMILES string of the molecule is COc1ccccc1OCC(O)CN(C(C)(C)CNCC1=C(C(=O)[O-])C(c2cccc([N+](=O)[O-])c2)C(C(=O)[O-])=C(C)N1)C(c1ccccc1)(c1ccccc1)c1ccccc1. The molecule has 0 saturated heterocycles. The van der Waals surface area contributed by atoms with E-state index in [0.29, 0.717) is 11.5 Å². The fourth-order valence-corrected chi connectivity index (χ4v) is 8.32. The van der Waals surface area contributed by atoms with Crippen molar-refractivity contribution in [2.75, 3.05) is 33.4 Å². The van der Waals surface area contributed by atoms with Crippen molar-refractivity contribution in [2.24, 2.45) is 0 Å². The molecule has 316 valence electrons. The van der Waals surface area contributed by atoms with Crippen LogP contribution in [0, 0.1) is 10.1 Å². The van der Waals surface area contributed by atoms with E-state index in [1.165, 1.54) is 25.1 Å². The van der Waals surface area contributed by atoms with Gasteiger partial charge in [-0.2, -0.15) is 0 Å². The van der Waals surface area contributed by atoms with Crippen LogP contribution in [-0.4, -0.2) is 71.9 Å². The molecule has 1 aliphatic heterocycles. The van der Waals surface area contributed by atoms with Gasteiger partial charge in [-0.3, -0.25) is 15.0 Å². The first-order valence-corrected chi connectivity index (χ1v) is 19.8. The van der Waals surface area contributed by atoms with Crippen molar-refractivity contribution in [1.82, 2.24) is 15.5 Å². The van der Waals surface area contributed by atoms with Gasteiger partial charge in [0.05, 0.1) is 29.5 Å². The molecule has 0 aromatic heterocycles. The van der Waals surface area contributed by atoms with Gasteiger partial charge in [-0.25, -0.2) is 0 Å². The predicted molar refractivity (Wildman–Crippen MR) is 226 cm³/mol. The van der Waals surface area contributed by atoms with Crippen molar-refractivity contribution in [2.45, 2.75) is 43.9 Å². The van der Waals surface area contributed by atoms with E-state index < -0.39 is 45.5 Å². The number of hydrogen-bond acceptors (Lipinski definition) is 12. The summed E-state index contributed by atoms with van der Waals surface area (Å²) < 4.78 is 11.6. The van der Waals surface area contributed by atoms with Gasteiger partial charge < -0.3 is 45.0 Å². The van der Waals surface area contributed by atoms with Crippen LogP contribution in [0.5, 0.6) is 11.5 Å². The van der Waals surface area contributed by atoms with Crippen molar-refractivity contribution in [1.29, 1.82) is 0 Å². The van der Waals surface area contributed by atoms with Gasteiger partial charge >= 0.3 is 0 Å². The molecule has 0 spiro atoms. The molecule has 2 atom stereocenters. The van der Waals surface area contributed by atoms with Crippen LogP contribution in [0.25, 0.3) is 0 Å². The lowest BCUT2D eigenvalue weighted by Crippen LogP contribution is -2.63. The standard InChI is InChI=1S/C48H50N4O9/c1-32-42(45(54)55)43(33-17-16-24-37(27-33)52(58)59)44(46(56)57)39(50-32)28-49-31-47(2,3)51(29-38(53)30-61-41-26-15-14-25-40(41)60-4)48(34-18-8-5-9-19-34,35-20-10-6-11-21-35)36-22-12-7-13-23-36/h5-27,38,43,49-50,53H,28-31H2,1-4H3,(H,54,55)(H,56,57)/p-2. The van der Waals surface area contributed by atoms with Crippen molar-refractivity contribution >= 4 is 17.6 Å². The molecule has 0 radical (unpaired) electrons. The number of carbonyl (C=O) groups is 2. The molecule has 0 fully saturated rings. The van der Waals surface area contributed by atoms with E-state index in [1.54, 1.807) is 19.2 Å². The number of carboxylic acids is 2. The number of ether oxygens (including phenoxy) is 2. The van der Waals surface area contributed by atoms with Crippen LogP contribution < -0.4 is 30.3 Å². The normalized spacial score (nSPS) is 15.0. The number of aliphatic carboxylic acids is 2. The third kappa shape index (κ3) is 9.34. The summed E-state index contributed by atoms with van der Waals surface area (Å²) in [5.74, 6) is -3.71. The second-order valence-corrected chi connectivity index (χ2v) is 15.4. The Hall–Kier alpha value is -6.80. The topological polar surface area (TPSA) is 189 Å². The highest BCUT2D eigenvalue weighted by atomic mass is 16.6. The first-order valence-electron chi connectivity index (χ1n) is 19.8. The number of nitro benzene ring substituents is 1. The smallest absolute Gasteiger partial charge is 0.269 e. The third-order valence-corrected chi connectivity index (χ3v) is 11.0. The molecule has 5 aromatic carbocycles. The summed E-state index contributed by atoms with van der Waals surface area (Å²) in [5.41, 5.74) is 0.0829. The highest BCUT2D eigenvalue weighted by Gasteiger charge is 2.48. The summed E-state index contributed by atoms with van der Waals surface area (Å²) >= 11 is 0. The first kappa shape index (κ1) is 43.8. The highest BCUT2D eigenvalue weighted by Crippen LogP contribution is 2.46. The van der Waals surface area contributed by atoms with Gasteiger partial charge in [0.1, 0.15) is 12.7 Å². The van der Waals surface area contributed by atoms with Crippen LogP contribution in [0.4, 0.5) is 5.69 Å². The van der Waals surface area contributed by atoms with E-state index >= 15 is 0 Å². The number of nitrogens with zero attached hydrogens (tertiary/aromatic N) is 2. The number of non-ortho nitro benzene ring substituents is 1. The van der Waals surface area contributed by atoms with E-state index in [9.17, 15) is 35.0 Å². The maximum Gasteiger partial charge on any atom is 0.269 e. The minimum absolute atomic E-state index is 0.0774. The van der Waals surface area contributed by atoms with Gasteiger partial charge in [0.15, 0.2) is 11.5 Å². The second-order valence-electron chi connectivity index (χ2n) is 15.4. The third-order valence-electron chi connectivity index (χ3n) is 11.0. The predicted octanol–water partition coefficient (Wildman–Crippen LogP) is 4.42. The maximum atomic E-state index is 13.0. The molecule has 0 bridgehead atoms. The zero-order valence-corrected chi connectivity index (χ0v) is 34.4. The molecular weight excluding hydrogens is 777 g/mol. The van der Waals surface area contributed by atoms with Crippen molar-refractivity contribution in [3.63, 3.8) is 0 Å². The van der Waals surface area contributed by atoms with E-state index in [0.717, 1.165) is 22.8 Å². The van der Waals surface area contributed by atoms with Crippen LogP contribution in [0.1, 0.15) is 48.9 Å². The Morgan fingerprint density at radius 2 is 1.33 bits per heavy atom. The highest BCUT2D eigenvalue weighted by molar-refractivity contribution is 5.97. The fourth-order valence-electron chi connectivity index (χ4n) is 8.32. The van der Waals surface area contributed by atoms with Crippen molar-refractivity contribution in [3.8, 4) is 11.5 Å². The summed E-state index contributed by atoms with van der Waals surface area (Å²) in [6, 6.07) is 42.4. The van der Waals surface area contributed by atoms with Crippen LogP contribution >= 0.6 is 0 Å². The average molecular weight is 825 g/mol. The molecule has 0 saturated carbocycles. The number of carboxylic acid groups (broad SMARTS) is 2. The van der Waals surface area contributed by atoms with Gasteiger partial charge in [-0.15, -0.1) is 0 Å². The van der Waals surface area contributed by atoms with Gasteiger partial charge in [-0.05, 0) is 55.2 Å². The number of methoxy groups -OCH3 is 1. The molecule has 1 aliphatic rings. The van der Waals surface area contributed by atoms with E-state index in [2.05, 4.69) is 51.9 Å². The molecule has 0 amide bonds. The van der Waals surface area contributed by atoms with Crippen LogP contribution in [0.3, 0.4) is 0 Å². The Labute approximate surface area is 354 Å². The lowest BCUT2D eigenvalue weighted by molar-refractivity contribution is -0.384. The quantitative estimate of drug-likeness (QED) is 0.0605. The first-order chi connectivity index (χ1) is 29.3. The number of nitrogens with one attached hydrogen (secondary N) is 2. The lowest BCUT2D eigenvalue weighted by Gasteiger charge is -2.53. The molecule has 61 heavy (non-hydrogen) atoms. The number of dihydropyridines is 1. The zero-order valence-electron chi connectivity index (χ0n) is 34.4. The van der Waals surface area contributed by atoms with Crippen molar-refractivity contribution < 1.29 is 39.3 Å². The number of para-hydroxylation sites is 2. The minimum atomic E-state index is -1.65. The van der Waals surface area contributed by atoms with E-state index in [4.69, 9.17) is 9.47 Å². The van der Waals surface area contributed by atoms with Gasteiger partial charge in [0.2, 0.25) is 0 Å². The van der Waals surface area contributed by atoms with E-state index in [-0.39, 0.29) is 54.5 Å². The van der Waals surface area contributed by atoms with E-state index in [1.807, 2.05) is 80.6 Å². The summed E-state index contributed by atoms with van der Waals surface area (Å²) in [6.07, 6.45) is -1.04. The molecule has 13 nitrogen and oxygen atoms in total. The maximum absolute atomic E-state index is 13.0. The number of hydrogen-bond donors (Lipinski definition) is 3. The molecule has 0 aliphatic carbocycles. The van der Waals surface area contributed by atoms with Gasteiger partial charge in [0, 0.05) is 65.8 Å². The van der Waals surface area contributed by atoms with Crippen LogP contribution in [-0.2, 0) is 15.1 Å². The number of nitro groups is 1. The Bertz CT molecular complexity index is 2310. The van der Waals surface area contributed by atoms with Gasteiger partial charge in [0.25, 0.3) is 5.69 Å². The summed E-state index contributed by atoms with van der Waals surface area (Å²) in [6.45, 7) is 5.62. The molecule has 3 N–H and O–H groups in total. The number of β-amino-alcohol motifs (C(OH)–C–C–N with tert-alkyl or cyclic N) is 1. The lowest BCUT2D eigenvalue weighted by atomic mass is 9.73. The number of carbonyl (C=O) groups excluding carboxylic acids is 2. The number of rotatable bonds is 19. The molecule has 6 rings (SSSR count). The Balaban J connectivity index is 1.43. The summed E-state index contributed by atoms with van der Waals surface area (Å²) in [7, 11) is 1.55. The molecule has 5 aromatic rings. The van der Waals surface area contributed by atoms with Crippen LogP contribution in [0.15, 0.2) is 162 Å². The number of allylic oxidation sites excluding steroid dienone is 1. The summed E-state index contributed by atoms with van der Waals surface area (Å²) in [4.78, 5) is 38.8. The fraction of sp³-hybridized carbons (Fsp3) is 0.250. The van der Waals surface area contributed by atoms with Gasteiger partial charge in [-0.1, -0.05) is 115 Å². The number of aliphatic hydroxyl groups is 1. The Kier molecular flexibility index (Phi) is 13.7. The summed E-state index contributed by atoms with van der Waals surface area (Å²) in [5, 5.41) is 55.6. The largest absolute Gasteiger partial charge is 0.545 e. The van der Waals surface area contributed by atoms with Crippen molar-refractivity contribution in [3.05, 3.63) is 194 Å². The second kappa shape index (κ2) is 19.1. The van der Waals surface area contributed by atoms with Crippen LogP contribution in [0.2, 0.25) is 0 Å². The Morgan fingerprint density at radius 1 is 0.803 bits per heavy atom. The molecule has 13 heteroatoms. The molecular formula is C48H48N4O9-2. The Morgan fingerprint density at radius 3 is 1.84 bits per heavy atom. The molecule has 2 unspecified atom stereocenters. The molecule has 1 heterocycles. The zero-order chi connectivity index (χ0) is 43.7. The minimum Gasteiger partial charge on any atom is -0.545 e. The monoisotopic (exact) mass is 824 g/mol. The average Bonchev–Trinajstić information content (AvgIpc) is 3.26. The number of benzene rings is 5. The number of aliphatic hydroxyl groups excluding tert-OH is 1.